The minimum atomic E-state index is -0.499. The first-order chi connectivity index (χ1) is 9.51. The molecule has 1 aromatic carbocycles. The van der Waals surface area contributed by atoms with Crippen LogP contribution in [0.15, 0.2) is 22.8 Å². The highest BCUT2D eigenvalue weighted by Crippen LogP contribution is 2.35. The van der Waals surface area contributed by atoms with E-state index < -0.39 is 5.82 Å². The second-order valence-electron chi connectivity index (χ2n) is 3.79. The Morgan fingerprint density at radius 2 is 1.95 bits per heavy atom. The normalized spacial score (nSPS) is 10.4. The lowest BCUT2D eigenvalue weighted by atomic mass is 10.3. The average molecular weight is 380 g/mol. The van der Waals surface area contributed by atoms with E-state index in [1.807, 2.05) is 6.92 Å². The van der Waals surface area contributed by atoms with Crippen LogP contribution in [0.1, 0.15) is 6.92 Å². The predicted molar refractivity (Wildman–Crippen MR) is 83.6 cm³/mol. The first kappa shape index (κ1) is 15.3. The topological polar surface area (TPSA) is 49.8 Å². The van der Waals surface area contributed by atoms with E-state index >= 15 is 0 Å². The fraction of sp³-hybridized carbons (Fsp3) is 0.167. The van der Waals surface area contributed by atoms with Crippen molar-refractivity contribution in [2.24, 2.45) is 0 Å². The van der Waals surface area contributed by atoms with Gasteiger partial charge >= 0.3 is 0 Å². The van der Waals surface area contributed by atoms with Gasteiger partial charge in [-0.2, -0.15) is 4.98 Å². The van der Waals surface area contributed by atoms with Gasteiger partial charge in [0.25, 0.3) is 0 Å². The number of hydrogen-bond donors (Lipinski definition) is 2. The third-order valence-corrected chi connectivity index (χ3v) is 3.51. The lowest BCUT2D eigenvalue weighted by Crippen LogP contribution is -2.05. The van der Waals surface area contributed by atoms with Crippen molar-refractivity contribution in [1.82, 2.24) is 9.97 Å². The van der Waals surface area contributed by atoms with Crippen molar-refractivity contribution in [3.63, 3.8) is 0 Å². The van der Waals surface area contributed by atoms with Crippen molar-refractivity contribution < 1.29 is 4.39 Å². The number of aromatic nitrogens is 2. The summed E-state index contributed by atoms with van der Waals surface area (Å²) in [4.78, 5) is 8.36. The van der Waals surface area contributed by atoms with Crippen LogP contribution in [-0.2, 0) is 0 Å². The number of anilines is 3. The SMILES string of the molecule is CCNc1ncc(Br)c(Nc2c(Cl)cc(F)cc2Cl)n1. The fourth-order valence-corrected chi connectivity index (χ4v) is 2.32. The van der Waals surface area contributed by atoms with Crippen molar-refractivity contribution in [2.75, 3.05) is 17.2 Å². The van der Waals surface area contributed by atoms with E-state index in [0.717, 1.165) is 0 Å². The number of benzene rings is 1. The number of hydrogen-bond acceptors (Lipinski definition) is 4. The van der Waals surface area contributed by atoms with Crippen LogP contribution < -0.4 is 10.6 Å². The lowest BCUT2D eigenvalue weighted by molar-refractivity contribution is 0.628. The van der Waals surface area contributed by atoms with E-state index in [4.69, 9.17) is 23.2 Å². The van der Waals surface area contributed by atoms with Gasteiger partial charge in [-0.05, 0) is 35.0 Å². The Labute approximate surface area is 133 Å². The van der Waals surface area contributed by atoms with Crippen molar-refractivity contribution >= 4 is 56.6 Å². The molecule has 8 heteroatoms. The van der Waals surface area contributed by atoms with E-state index in [1.54, 1.807) is 6.20 Å². The summed E-state index contributed by atoms with van der Waals surface area (Å²) in [5.74, 6) is 0.444. The van der Waals surface area contributed by atoms with Crippen molar-refractivity contribution in [3.8, 4) is 0 Å². The van der Waals surface area contributed by atoms with E-state index in [2.05, 4.69) is 36.5 Å². The van der Waals surface area contributed by atoms with Crippen LogP contribution >= 0.6 is 39.1 Å². The Hall–Kier alpha value is -1.11. The highest BCUT2D eigenvalue weighted by atomic mass is 79.9. The molecule has 0 aliphatic rings. The van der Waals surface area contributed by atoms with E-state index in [1.165, 1.54) is 12.1 Å². The second-order valence-corrected chi connectivity index (χ2v) is 5.46. The van der Waals surface area contributed by atoms with Crippen molar-refractivity contribution in [2.45, 2.75) is 6.92 Å². The van der Waals surface area contributed by atoms with Gasteiger partial charge in [0.1, 0.15) is 11.6 Å². The summed E-state index contributed by atoms with van der Waals surface area (Å²) in [5.41, 5.74) is 0.386. The maximum absolute atomic E-state index is 13.1. The summed E-state index contributed by atoms with van der Waals surface area (Å²) >= 11 is 15.3. The predicted octanol–water partition coefficient (Wildman–Crippen LogP) is 4.86. The molecule has 0 atom stereocenters. The molecule has 0 aliphatic heterocycles. The molecule has 0 amide bonds. The molecule has 0 unspecified atom stereocenters. The van der Waals surface area contributed by atoms with Crippen LogP contribution in [0.3, 0.4) is 0 Å². The molecule has 2 aromatic rings. The highest BCUT2D eigenvalue weighted by Gasteiger charge is 2.12. The molecule has 0 radical (unpaired) electrons. The van der Waals surface area contributed by atoms with Crippen molar-refractivity contribution in [3.05, 3.63) is 38.7 Å². The van der Waals surface area contributed by atoms with Gasteiger partial charge in [0.15, 0.2) is 0 Å². The van der Waals surface area contributed by atoms with Crippen LogP contribution in [0.5, 0.6) is 0 Å². The van der Waals surface area contributed by atoms with Gasteiger partial charge in [-0.3, -0.25) is 0 Å². The monoisotopic (exact) mass is 378 g/mol. The van der Waals surface area contributed by atoms with Crippen LogP contribution in [0.25, 0.3) is 0 Å². The Kier molecular flexibility index (Phi) is 5.01. The summed E-state index contributed by atoms with van der Waals surface area (Å²) in [6, 6.07) is 2.35. The Balaban J connectivity index is 2.37. The zero-order valence-electron chi connectivity index (χ0n) is 10.3. The minimum Gasteiger partial charge on any atom is -0.354 e. The molecule has 1 heterocycles. The first-order valence-electron chi connectivity index (χ1n) is 5.69. The molecule has 106 valence electrons. The zero-order valence-corrected chi connectivity index (χ0v) is 13.4. The summed E-state index contributed by atoms with van der Waals surface area (Å²) in [6.07, 6.45) is 1.60. The van der Waals surface area contributed by atoms with Crippen LogP contribution in [-0.4, -0.2) is 16.5 Å². The molecule has 0 fully saturated rings. The maximum atomic E-state index is 13.1. The van der Waals surface area contributed by atoms with Gasteiger partial charge in [-0.25, -0.2) is 9.37 Å². The van der Waals surface area contributed by atoms with Gasteiger partial charge in [-0.1, -0.05) is 23.2 Å². The van der Waals surface area contributed by atoms with Gasteiger partial charge in [0, 0.05) is 12.7 Å². The van der Waals surface area contributed by atoms with E-state index in [0.29, 0.717) is 28.5 Å². The summed E-state index contributed by atoms with van der Waals surface area (Å²) in [5, 5.41) is 6.30. The van der Waals surface area contributed by atoms with Gasteiger partial charge in [-0.15, -0.1) is 0 Å². The third kappa shape index (κ3) is 3.50. The largest absolute Gasteiger partial charge is 0.354 e. The molecule has 1 aromatic heterocycles. The summed E-state index contributed by atoms with van der Waals surface area (Å²) < 4.78 is 13.8. The van der Waals surface area contributed by atoms with Gasteiger partial charge in [0.2, 0.25) is 5.95 Å². The number of nitrogens with zero attached hydrogens (tertiary/aromatic N) is 2. The highest BCUT2D eigenvalue weighted by molar-refractivity contribution is 9.10. The maximum Gasteiger partial charge on any atom is 0.224 e. The average Bonchev–Trinajstić information content (AvgIpc) is 2.37. The number of nitrogens with one attached hydrogen (secondary N) is 2. The van der Waals surface area contributed by atoms with Gasteiger partial charge < -0.3 is 10.6 Å². The Morgan fingerprint density at radius 1 is 1.30 bits per heavy atom. The number of halogens is 4. The van der Waals surface area contributed by atoms with E-state index in [-0.39, 0.29) is 10.0 Å². The molecule has 20 heavy (non-hydrogen) atoms. The minimum absolute atomic E-state index is 0.172. The molecule has 0 saturated heterocycles. The molecule has 4 nitrogen and oxygen atoms in total. The molecule has 2 N–H and O–H groups in total. The van der Waals surface area contributed by atoms with Crippen LogP contribution in [0.4, 0.5) is 21.8 Å². The molecule has 0 bridgehead atoms. The van der Waals surface area contributed by atoms with E-state index in [9.17, 15) is 4.39 Å². The molecule has 0 saturated carbocycles. The molecule has 0 aliphatic carbocycles. The molecule has 0 spiro atoms. The standard InChI is InChI=1S/C12H10BrCl2FN4/c1-2-17-12-18-5-7(13)11(20-12)19-10-8(14)3-6(16)4-9(10)15/h3-5H,2H2,1H3,(H2,17,18,19,20). The molecular formula is C12H10BrCl2FN4. The van der Waals surface area contributed by atoms with Gasteiger partial charge in [0.05, 0.1) is 20.2 Å². The molecule has 2 rings (SSSR count). The molecular weight excluding hydrogens is 370 g/mol. The summed E-state index contributed by atoms with van der Waals surface area (Å²) in [7, 11) is 0. The Morgan fingerprint density at radius 3 is 2.55 bits per heavy atom. The quantitative estimate of drug-likeness (QED) is 0.796. The third-order valence-electron chi connectivity index (χ3n) is 2.33. The first-order valence-corrected chi connectivity index (χ1v) is 7.24. The number of rotatable bonds is 4. The zero-order chi connectivity index (χ0) is 14.7. The second kappa shape index (κ2) is 6.56. The van der Waals surface area contributed by atoms with Crippen molar-refractivity contribution in [1.29, 1.82) is 0 Å². The van der Waals surface area contributed by atoms with Crippen LogP contribution in [0.2, 0.25) is 10.0 Å². The summed E-state index contributed by atoms with van der Waals surface area (Å²) in [6.45, 7) is 2.63. The fourth-order valence-electron chi connectivity index (χ4n) is 1.48. The Bertz CT molecular complexity index is 616. The lowest BCUT2D eigenvalue weighted by Gasteiger charge is -2.12. The smallest absolute Gasteiger partial charge is 0.224 e. The van der Waals surface area contributed by atoms with Crippen LogP contribution in [0, 0.1) is 5.82 Å².